The largest absolute Gasteiger partial charge is 0.394 e. The predicted octanol–water partition coefficient (Wildman–Crippen LogP) is 21.9. The monoisotopic (exact) mass is 1330 g/mol. The Bertz CT molecular complexity index is 1580. The highest BCUT2D eigenvalue weighted by atomic mass is 16.7. The summed E-state index contributed by atoms with van der Waals surface area (Å²) in [6, 6.07) is -1.19. The summed E-state index contributed by atoms with van der Waals surface area (Å²) in [6.45, 7) is 3.52. The first-order valence-electron chi connectivity index (χ1n) is 41.7. The Hall–Kier alpha value is -1.41. The van der Waals surface area contributed by atoms with Crippen molar-refractivity contribution in [2.45, 2.75) is 486 Å². The molecule has 1 saturated heterocycles. The molecule has 0 aliphatic carbocycles. The van der Waals surface area contributed by atoms with E-state index in [1.54, 1.807) is 0 Å². The average molecular weight is 1330 g/mol. The van der Waals surface area contributed by atoms with Crippen LogP contribution in [0.1, 0.15) is 431 Å². The lowest BCUT2D eigenvalue weighted by atomic mass is 9.98. The highest BCUT2D eigenvalue weighted by Gasteiger charge is 2.44. The van der Waals surface area contributed by atoms with Gasteiger partial charge in [0.1, 0.15) is 36.6 Å². The van der Waals surface area contributed by atoms with E-state index >= 15 is 0 Å². The minimum absolute atomic E-state index is 0.250. The van der Waals surface area contributed by atoms with E-state index in [1.807, 2.05) is 0 Å². The topological polar surface area (TPSA) is 189 Å². The molecule has 0 aromatic rings. The number of rotatable bonds is 75. The third kappa shape index (κ3) is 57.4. The second-order valence-electron chi connectivity index (χ2n) is 29.5. The first-order chi connectivity index (χ1) is 46.2. The molecule has 94 heavy (non-hydrogen) atoms. The van der Waals surface area contributed by atoms with Gasteiger partial charge in [-0.15, -0.1) is 0 Å². The number of allylic oxidation sites excluding steroid dienone is 4. The summed E-state index contributed by atoms with van der Waals surface area (Å²) in [5.41, 5.74) is 0. The number of amides is 1. The summed E-state index contributed by atoms with van der Waals surface area (Å²) in [6.07, 6.45) is 81.8. The van der Waals surface area contributed by atoms with Gasteiger partial charge in [0.25, 0.3) is 0 Å². The van der Waals surface area contributed by atoms with Crippen molar-refractivity contribution in [2.24, 2.45) is 0 Å². The molecule has 1 heterocycles. The first-order valence-corrected chi connectivity index (χ1v) is 41.7. The Morgan fingerprint density at radius 2 is 0.638 bits per heavy atom. The van der Waals surface area contributed by atoms with Gasteiger partial charge in [0.2, 0.25) is 5.91 Å². The quantitative estimate of drug-likeness (QED) is 0.0215. The SMILES string of the molecule is CCCCCCCCCCCCCCCCCCCCCCCC/C=C/CC/C=C/CCCC(O)C(O)C(COC1OC(CO)C(O)C(O)C1O)NC(=O)C(O)CCCCCCCCCCCCCCCCCCCCCCCCCCCCCCCCCCCCCC. The number of hydrogen-bond donors (Lipinski definition) is 8. The molecule has 1 aliphatic rings. The standard InChI is InChI=1S/C83H161NO10/c1-3-5-7-9-11-13-15-17-19-21-23-25-27-29-31-33-35-36-37-38-39-41-43-45-47-49-51-53-55-57-59-61-63-65-67-69-71-76(87)82(92)84-74(73-93-83-81(91)80(90)79(89)77(72-85)94-83)78(88)75(86)70-68-66-64-62-60-58-56-54-52-50-48-46-44-42-40-34-32-30-28-26-24-22-20-18-16-14-12-10-8-6-4-2/h54,56,62,64,74-81,83,85-91H,3-53,55,57-61,63,65-73H2,1-2H3,(H,84,92)/b56-54+,64-62+. The number of carbonyl (C=O) groups is 1. The van der Waals surface area contributed by atoms with Crippen LogP contribution in [0, 0.1) is 0 Å². The maximum atomic E-state index is 13.3. The third-order valence-electron chi connectivity index (χ3n) is 20.5. The molecule has 0 aromatic heterocycles. The van der Waals surface area contributed by atoms with Crippen molar-refractivity contribution in [3.05, 3.63) is 24.3 Å². The molecule has 558 valence electrons. The van der Waals surface area contributed by atoms with Crippen molar-refractivity contribution in [3.8, 4) is 0 Å². The summed E-state index contributed by atoms with van der Waals surface area (Å²) >= 11 is 0. The molecule has 1 rings (SSSR count). The van der Waals surface area contributed by atoms with Crippen LogP contribution in [-0.2, 0) is 14.3 Å². The maximum absolute atomic E-state index is 13.3. The molecule has 1 fully saturated rings. The molecule has 11 heteroatoms. The summed E-state index contributed by atoms with van der Waals surface area (Å²) in [4.78, 5) is 13.3. The van der Waals surface area contributed by atoms with Crippen molar-refractivity contribution in [1.29, 1.82) is 0 Å². The number of aliphatic hydroxyl groups excluding tert-OH is 7. The highest BCUT2D eigenvalue weighted by molar-refractivity contribution is 5.80. The van der Waals surface area contributed by atoms with E-state index in [2.05, 4.69) is 43.5 Å². The first kappa shape index (κ1) is 90.6. The molecule has 11 nitrogen and oxygen atoms in total. The van der Waals surface area contributed by atoms with Gasteiger partial charge in [0.15, 0.2) is 6.29 Å². The lowest BCUT2D eigenvalue weighted by molar-refractivity contribution is -0.303. The fraction of sp³-hybridized carbons (Fsp3) is 0.940. The highest BCUT2D eigenvalue weighted by Crippen LogP contribution is 2.25. The van der Waals surface area contributed by atoms with E-state index in [0.717, 1.165) is 38.5 Å². The van der Waals surface area contributed by atoms with Crippen LogP contribution in [0.25, 0.3) is 0 Å². The molecule has 9 atom stereocenters. The Morgan fingerprint density at radius 3 is 0.947 bits per heavy atom. The summed E-state index contributed by atoms with van der Waals surface area (Å²) in [5.74, 6) is -0.701. The Kier molecular flexibility index (Phi) is 68.8. The molecular weight excluding hydrogens is 1170 g/mol. The molecular formula is C83H161NO10. The molecule has 9 unspecified atom stereocenters. The third-order valence-corrected chi connectivity index (χ3v) is 20.5. The second-order valence-corrected chi connectivity index (χ2v) is 29.5. The zero-order valence-electron chi connectivity index (χ0n) is 62.2. The van der Waals surface area contributed by atoms with E-state index in [-0.39, 0.29) is 12.8 Å². The second kappa shape index (κ2) is 71.4. The van der Waals surface area contributed by atoms with Gasteiger partial charge in [-0.1, -0.05) is 404 Å². The summed E-state index contributed by atoms with van der Waals surface area (Å²) < 4.78 is 11.2. The van der Waals surface area contributed by atoms with Crippen LogP contribution < -0.4 is 5.32 Å². The molecule has 0 radical (unpaired) electrons. The van der Waals surface area contributed by atoms with Crippen molar-refractivity contribution < 1.29 is 50.0 Å². The maximum Gasteiger partial charge on any atom is 0.249 e. The van der Waals surface area contributed by atoms with Crippen LogP contribution in [0.4, 0.5) is 0 Å². The Balaban J connectivity index is 2.12. The molecule has 1 aliphatic heterocycles. The van der Waals surface area contributed by atoms with Crippen LogP contribution in [0.15, 0.2) is 24.3 Å². The normalized spacial score (nSPS) is 18.2. The van der Waals surface area contributed by atoms with E-state index in [0.29, 0.717) is 19.3 Å². The van der Waals surface area contributed by atoms with Gasteiger partial charge >= 0.3 is 0 Å². The fourth-order valence-electron chi connectivity index (χ4n) is 13.9. The minimum atomic E-state index is -1.67. The van der Waals surface area contributed by atoms with Gasteiger partial charge < -0.3 is 50.5 Å². The predicted molar refractivity (Wildman–Crippen MR) is 399 cm³/mol. The van der Waals surface area contributed by atoms with E-state index in [1.165, 1.54) is 347 Å². The van der Waals surface area contributed by atoms with Crippen LogP contribution in [0.3, 0.4) is 0 Å². The molecule has 1 amide bonds. The number of nitrogens with one attached hydrogen (secondary N) is 1. The van der Waals surface area contributed by atoms with Gasteiger partial charge in [0, 0.05) is 0 Å². The summed E-state index contributed by atoms with van der Waals surface area (Å²) in [5, 5.41) is 76.7. The molecule has 0 aromatic carbocycles. The number of carbonyl (C=O) groups excluding carboxylic acids is 1. The van der Waals surface area contributed by atoms with Gasteiger partial charge in [-0.2, -0.15) is 0 Å². The minimum Gasteiger partial charge on any atom is -0.394 e. The van der Waals surface area contributed by atoms with E-state index < -0.39 is 74.2 Å². The smallest absolute Gasteiger partial charge is 0.249 e. The van der Waals surface area contributed by atoms with Crippen molar-refractivity contribution in [2.75, 3.05) is 13.2 Å². The van der Waals surface area contributed by atoms with Gasteiger partial charge in [-0.25, -0.2) is 0 Å². The van der Waals surface area contributed by atoms with Crippen LogP contribution in [-0.4, -0.2) is 110 Å². The van der Waals surface area contributed by atoms with Gasteiger partial charge in [-0.05, 0) is 51.4 Å². The lowest BCUT2D eigenvalue weighted by Gasteiger charge is -2.40. The number of hydrogen-bond acceptors (Lipinski definition) is 10. The lowest BCUT2D eigenvalue weighted by Crippen LogP contribution is -2.60. The fourth-order valence-corrected chi connectivity index (χ4v) is 13.9. The van der Waals surface area contributed by atoms with Crippen LogP contribution in [0.5, 0.6) is 0 Å². The van der Waals surface area contributed by atoms with Gasteiger partial charge in [0.05, 0.1) is 25.4 Å². The number of aliphatic hydroxyl groups is 7. The summed E-state index contributed by atoms with van der Waals surface area (Å²) in [7, 11) is 0. The Labute approximate surface area is 582 Å². The van der Waals surface area contributed by atoms with Crippen LogP contribution >= 0.6 is 0 Å². The Morgan fingerprint density at radius 1 is 0.362 bits per heavy atom. The van der Waals surface area contributed by atoms with E-state index in [4.69, 9.17) is 9.47 Å². The van der Waals surface area contributed by atoms with Crippen molar-refractivity contribution in [1.82, 2.24) is 5.32 Å². The zero-order valence-corrected chi connectivity index (χ0v) is 62.2. The van der Waals surface area contributed by atoms with Crippen LogP contribution in [0.2, 0.25) is 0 Å². The number of unbranched alkanes of at least 4 members (excludes halogenated alkanes) is 59. The molecule has 0 spiro atoms. The van der Waals surface area contributed by atoms with Crippen molar-refractivity contribution >= 4 is 5.91 Å². The van der Waals surface area contributed by atoms with E-state index in [9.17, 15) is 40.5 Å². The van der Waals surface area contributed by atoms with Crippen molar-refractivity contribution in [3.63, 3.8) is 0 Å². The van der Waals surface area contributed by atoms with Gasteiger partial charge in [-0.3, -0.25) is 4.79 Å². The molecule has 8 N–H and O–H groups in total. The number of ether oxygens (including phenoxy) is 2. The molecule has 0 bridgehead atoms. The zero-order chi connectivity index (χ0) is 68.1. The average Bonchev–Trinajstić information content (AvgIpc) is 0.903. The molecule has 0 saturated carbocycles.